The average Bonchev–Trinajstić information content (AvgIpc) is 3.07. The molecule has 0 spiro atoms. The number of hydrogen-bond donors (Lipinski definition) is 4. The van der Waals surface area contributed by atoms with Gasteiger partial charge in [-0.25, -0.2) is 8.78 Å². The van der Waals surface area contributed by atoms with E-state index in [2.05, 4.69) is 10.6 Å². The summed E-state index contributed by atoms with van der Waals surface area (Å²) in [4.78, 5) is 60.5. The van der Waals surface area contributed by atoms with Crippen LogP contribution < -0.4 is 16.4 Å². The molecule has 10 nitrogen and oxygen atoms in total. The third-order valence-electron chi connectivity index (χ3n) is 5.02. The number of nitrogen functional groups attached to an aromatic ring is 1. The molecule has 5 N–H and O–H groups in total. The van der Waals surface area contributed by atoms with Gasteiger partial charge in [-0.1, -0.05) is 18.5 Å². The monoisotopic (exact) mass is 488 g/mol. The van der Waals surface area contributed by atoms with Crippen molar-refractivity contribution in [3.8, 4) is 0 Å². The maximum atomic E-state index is 14.1. The van der Waals surface area contributed by atoms with E-state index in [1.807, 2.05) is 0 Å². The highest BCUT2D eigenvalue weighted by molar-refractivity contribution is 6.33. The zero-order valence-corrected chi connectivity index (χ0v) is 18.3. The molecule has 1 saturated heterocycles. The Morgan fingerprint density at radius 2 is 2.00 bits per heavy atom. The lowest BCUT2D eigenvalue weighted by molar-refractivity contribution is -0.142. The molecule has 1 fully saturated rings. The number of carboxylic acid groups (broad SMARTS) is 1. The van der Waals surface area contributed by atoms with Gasteiger partial charge in [-0.2, -0.15) is 0 Å². The molecule has 13 heteroatoms. The molecule has 1 unspecified atom stereocenters. The largest absolute Gasteiger partial charge is 0.481 e. The van der Waals surface area contributed by atoms with E-state index < -0.39 is 67.1 Å². The maximum Gasteiger partial charge on any atom is 0.305 e. The van der Waals surface area contributed by atoms with Gasteiger partial charge >= 0.3 is 5.97 Å². The summed E-state index contributed by atoms with van der Waals surface area (Å²) in [5.74, 6) is -7.50. The molecule has 3 amide bonds. The maximum absolute atomic E-state index is 14.1. The van der Waals surface area contributed by atoms with E-state index in [0.29, 0.717) is 4.90 Å². The van der Waals surface area contributed by atoms with Crippen LogP contribution >= 0.6 is 11.6 Å². The van der Waals surface area contributed by atoms with Gasteiger partial charge in [0.1, 0.15) is 18.4 Å². The Morgan fingerprint density at radius 1 is 1.33 bits per heavy atom. The molecule has 33 heavy (non-hydrogen) atoms. The number of nitrogens with one attached hydrogen (secondary N) is 2. The summed E-state index contributed by atoms with van der Waals surface area (Å²) < 4.78 is 28.2. The van der Waals surface area contributed by atoms with Crippen molar-refractivity contribution < 1.29 is 37.9 Å². The number of rotatable bonds is 9. The van der Waals surface area contributed by atoms with Crippen molar-refractivity contribution in [1.82, 2.24) is 15.5 Å². The zero-order chi connectivity index (χ0) is 24.9. The zero-order valence-electron chi connectivity index (χ0n) is 17.5. The number of carbonyl (C=O) groups is 5. The summed E-state index contributed by atoms with van der Waals surface area (Å²) in [6.07, 6.45) is -1.57. The van der Waals surface area contributed by atoms with Gasteiger partial charge in [0.25, 0.3) is 11.8 Å². The molecule has 1 aliphatic heterocycles. The number of carbonyl (C=O) groups excluding carboxylic acids is 4. The van der Waals surface area contributed by atoms with Crippen LogP contribution in [0.4, 0.5) is 14.5 Å². The molecule has 0 aromatic heterocycles. The molecule has 2 rings (SSSR count). The van der Waals surface area contributed by atoms with Gasteiger partial charge in [0.15, 0.2) is 0 Å². The van der Waals surface area contributed by atoms with Gasteiger partial charge in [-0.15, -0.1) is 0 Å². The van der Waals surface area contributed by atoms with E-state index in [4.69, 9.17) is 22.4 Å². The normalized spacial score (nSPS) is 18.8. The van der Waals surface area contributed by atoms with Crippen LogP contribution in [0.5, 0.6) is 0 Å². The number of carboxylic acids is 1. The molecule has 1 aromatic carbocycles. The Hall–Kier alpha value is -3.28. The van der Waals surface area contributed by atoms with E-state index in [1.54, 1.807) is 0 Å². The topological polar surface area (TPSA) is 159 Å². The second-order valence-electron chi connectivity index (χ2n) is 7.56. The molecule has 0 radical (unpaired) electrons. The quantitative estimate of drug-likeness (QED) is 0.296. The van der Waals surface area contributed by atoms with E-state index in [1.165, 1.54) is 25.1 Å². The number of amides is 3. The van der Waals surface area contributed by atoms with Crippen LogP contribution in [0.1, 0.15) is 36.5 Å². The van der Waals surface area contributed by atoms with Crippen LogP contribution in [0.3, 0.4) is 0 Å². The van der Waals surface area contributed by atoms with Gasteiger partial charge in [-0.05, 0) is 24.6 Å². The van der Waals surface area contributed by atoms with Crippen LogP contribution in [0.15, 0.2) is 18.2 Å². The van der Waals surface area contributed by atoms with E-state index in [0.717, 1.165) is 0 Å². The van der Waals surface area contributed by atoms with Gasteiger partial charge < -0.3 is 31.2 Å². The summed E-state index contributed by atoms with van der Waals surface area (Å²) in [6, 6.07) is -0.290. The van der Waals surface area contributed by atoms with E-state index in [-0.39, 0.29) is 29.0 Å². The first-order valence-electron chi connectivity index (χ1n) is 9.90. The number of halogens is 3. The number of hydrogen-bond acceptors (Lipinski definition) is 6. The molecular formula is C20H23ClF2N4O6. The fraction of sp³-hybridized carbons (Fsp3) is 0.450. The predicted octanol–water partition coefficient (Wildman–Crippen LogP) is 0.825. The minimum atomic E-state index is -3.39. The summed E-state index contributed by atoms with van der Waals surface area (Å²) in [7, 11) is 0. The van der Waals surface area contributed by atoms with Crippen molar-refractivity contribution in [3.63, 3.8) is 0 Å². The SMILES string of the molecule is CC[C@H](NC(=O)c1ccc(N)c(Cl)c1)C(=O)N1CC(F)(F)CC1C(=O)N[C@H](C=O)CC(=O)O. The third kappa shape index (κ3) is 6.60. The number of nitrogens with zero attached hydrogens (tertiary/aromatic N) is 1. The fourth-order valence-corrected chi connectivity index (χ4v) is 3.51. The van der Waals surface area contributed by atoms with Gasteiger partial charge in [-0.3, -0.25) is 19.2 Å². The predicted molar refractivity (Wildman–Crippen MR) is 113 cm³/mol. The van der Waals surface area contributed by atoms with Crippen molar-refractivity contribution in [2.45, 2.75) is 50.2 Å². The Morgan fingerprint density at radius 3 is 2.55 bits per heavy atom. The van der Waals surface area contributed by atoms with Crippen LogP contribution in [0.2, 0.25) is 5.02 Å². The molecule has 180 valence electrons. The first-order valence-corrected chi connectivity index (χ1v) is 10.3. The highest BCUT2D eigenvalue weighted by Crippen LogP contribution is 2.33. The second-order valence-corrected chi connectivity index (χ2v) is 7.97. The lowest BCUT2D eigenvalue weighted by Gasteiger charge is -2.28. The lowest BCUT2D eigenvalue weighted by atomic mass is 10.1. The van der Waals surface area contributed by atoms with Crippen LogP contribution in [0.25, 0.3) is 0 Å². The number of likely N-dealkylation sites (tertiary alicyclic amines) is 1. The Bertz CT molecular complexity index is 960. The molecule has 1 aliphatic rings. The Balaban J connectivity index is 2.19. The minimum absolute atomic E-state index is 0.0274. The van der Waals surface area contributed by atoms with Gasteiger partial charge in [0, 0.05) is 12.0 Å². The van der Waals surface area contributed by atoms with Gasteiger partial charge in [0.2, 0.25) is 11.8 Å². The molecule has 0 saturated carbocycles. The number of alkyl halides is 2. The number of benzene rings is 1. The first kappa shape index (κ1) is 26.0. The van der Waals surface area contributed by atoms with Gasteiger partial charge in [0.05, 0.1) is 29.7 Å². The van der Waals surface area contributed by atoms with Crippen molar-refractivity contribution in [3.05, 3.63) is 28.8 Å². The second kappa shape index (κ2) is 10.6. The minimum Gasteiger partial charge on any atom is -0.481 e. The Kier molecular flexibility index (Phi) is 8.31. The molecule has 0 aliphatic carbocycles. The van der Waals surface area contributed by atoms with Crippen molar-refractivity contribution >= 4 is 47.3 Å². The highest BCUT2D eigenvalue weighted by atomic mass is 35.5. The summed E-state index contributed by atoms with van der Waals surface area (Å²) in [6.45, 7) is 0.464. The Labute approximate surface area is 192 Å². The van der Waals surface area contributed by atoms with Crippen molar-refractivity contribution in [2.75, 3.05) is 12.3 Å². The molecule has 1 aromatic rings. The molecule has 0 bridgehead atoms. The van der Waals surface area contributed by atoms with Crippen LogP contribution in [-0.4, -0.2) is 70.6 Å². The molecule has 3 atom stereocenters. The van der Waals surface area contributed by atoms with Crippen LogP contribution in [-0.2, 0) is 19.2 Å². The number of anilines is 1. The third-order valence-corrected chi connectivity index (χ3v) is 5.34. The summed E-state index contributed by atoms with van der Waals surface area (Å²) in [5, 5.41) is 13.4. The standard InChI is InChI=1S/C20H23ClF2N4O6/c1-2-14(26-17(31)10-3-4-13(24)12(21)5-10)19(33)27-9-20(22,23)7-15(27)18(32)25-11(8-28)6-16(29)30/h3-5,8,11,14-15H,2,6-7,9,24H2,1H3,(H,25,32)(H,26,31)(H,29,30)/t11-,14-,15?/m0/s1. The number of nitrogens with two attached hydrogens (primary N) is 1. The summed E-state index contributed by atoms with van der Waals surface area (Å²) in [5.41, 5.74) is 5.92. The van der Waals surface area contributed by atoms with Crippen LogP contribution in [0, 0.1) is 0 Å². The summed E-state index contributed by atoms with van der Waals surface area (Å²) >= 11 is 5.90. The number of aldehydes is 1. The first-order chi connectivity index (χ1) is 15.4. The van der Waals surface area contributed by atoms with E-state index >= 15 is 0 Å². The van der Waals surface area contributed by atoms with Crippen molar-refractivity contribution in [1.29, 1.82) is 0 Å². The number of aliphatic carboxylic acids is 1. The smallest absolute Gasteiger partial charge is 0.305 e. The molecular weight excluding hydrogens is 466 g/mol. The fourth-order valence-electron chi connectivity index (χ4n) is 3.33. The lowest BCUT2D eigenvalue weighted by Crippen LogP contribution is -2.54. The molecule has 1 heterocycles. The van der Waals surface area contributed by atoms with Crippen molar-refractivity contribution in [2.24, 2.45) is 0 Å². The van der Waals surface area contributed by atoms with E-state index in [9.17, 15) is 32.8 Å². The highest BCUT2D eigenvalue weighted by Gasteiger charge is 2.51. The average molecular weight is 489 g/mol.